The molecule has 0 unspecified atom stereocenters. The largest absolute Gasteiger partial charge is 0.468 e. The van der Waals surface area contributed by atoms with Gasteiger partial charge in [0.25, 0.3) is 0 Å². The smallest absolute Gasteiger partial charge is 0.324 e. The van der Waals surface area contributed by atoms with Crippen molar-refractivity contribution < 1.29 is 22.3 Å². The second kappa shape index (κ2) is 6.12. The summed E-state index contributed by atoms with van der Waals surface area (Å²) in [6.45, 7) is 3.38. The number of carbonyl (C=O) groups excluding carboxylic acids is 1. The SMILES string of the molecule is COC(=O)[C@H](NS(=O)(=O)c1ccc(F)cc1)C(C)C. The maximum absolute atomic E-state index is 12.8. The molecule has 7 heteroatoms. The molecular formula is C12H16FNO4S. The number of esters is 1. The maximum Gasteiger partial charge on any atom is 0.324 e. The van der Waals surface area contributed by atoms with Gasteiger partial charge in [0.15, 0.2) is 0 Å². The first-order chi connectivity index (χ1) is 8.77. The molecular weight excluding hydrogens is 273 g/mol. The molecule has 19 heavy (non-hydrogen) atoms. The normalized spacial score (nSPS) is 13.3. The van der Waals surface area contributed by atoms with Crippen molar-refractivity contribution in [1.29, 1.82) is 0 Å². The maximum atomic E-state index is 12.8. The van der Waals surface area contributed by atoms with E-state index in [4.69, 9.17) is 0 Å². The number of methoxy groups -OCH3 is 1. The van der Waals surface area contributed by atoms with E-state index < -0.39 is 27.9 Å². The number of nitrogens with one attached hydrogen (secondary N) is 1. The number of rotatable bonds is 5. The van der Waals surface area contributed by atoms with Crippen LogP contribution >= 0.6 is 0 Å². The fourth-order valence-electron chi connectivity index (χ4n) is 1.43. The van der Waals surface area contributed by atoms with Crippen molar-refractivity contribution in [2.45, 2.75) is 24.8 Å². The van der Waals surface area contributed by atoms with Crippen LogP contribution in [0.25, 0.3) is 0 Å². The van der Waals surface area contributed by atoms with Crippen molar-refractivity contribution in [1.82, 2.24) is 4.72 Å². The van der Waals surface area contributed by atoms with Crippen LogP contribution in [-0.2, 0) is 19.6 Å². The Bertz CT molecular complexity index is 539. The van der Waals surface area contributed by atoms with Crippen LogP contribution in [0.15, 0.2) is 29.2 Å². The van der Waals surface area contributed by atoms with E-state index in [1.54, 1.807) is 13.8 Å². The lowest BCUT2D eigenvalue weighted by molar-refractivity contribution is -0.143. The fourth-order valence-corrected chi connectivity index (χ4v) is 2.77. The molecule has 0 aromatic heterocycles. The van der Waals surface area contributed by atoms with Gasteiger partial charge >= 0.3 is 5.97 Å². The Morgan fingerprint density at radius 1 is 1.26 bits per heavy atom. The molecule has 0 aliphatic carbocycles. The Labute approximate surface area is 111 Å². The molecule has 0 radical (unpaired) electrons. The van der Waals surface area contributed by atoms with E-state index in [1.807, 2.05) is 0 Å². The van der Waals surface area contributed by atoms with Gasteiger partial charge in [-0.05, 0) is 30.2 Å². The van der Waals surface area contributed by atoms with Gasteiger partial charge in [0.05, 0.1) is 12.0 Å². The molecule has 0 fully saturated rings. The summed E-state index contributed by atoms with van der Waals surface area (Å²) in [5.74, 6) is -1.48. The lowest BCUT2D eigenvalue weighted by atomic mass is 10.1. The first kappa shape index (κ1) is 15.6. The first-order valence-corrected chi connectivity index (χ1v) is 7.12. The highest BCUT2D eigenvalue weighted by Gasteiger charge is 2.28. The second-order valence-corrected chi connectivity index (χ2v) is 6.03. The summed E-state index contributed by atoms with van der Waals surface area (Å²) in [6.07, 6.45) is 0. The highest BCUT2D eigenvalue weighted by atomic mass is 32.2. The Balaban J connectivity index is 3.00. The van der Waals surface area contributed by atoms with E-state index in [0.717, 1.165) is 24.3 Å². The molecule has 0 aliphatic rings. The summed E-state index contributed by atoms with van der Waals surface area (Å²) in [5, 5.41) is 0. The summed E-state index contributed by atoms with van der Waals surface area (Å²) in [6, 6.07) is 3.35. The van der Waals surface area contributed by atoms with E-state index >= 15 is 0 Å². The highest BCUT2D eigenvalue weighted by Crippen LogP contribution is 2.13. The standard InChI is InChI=1S/C12H16FNO4S/c1-8(2)11(12(15)18-3)14-19(16,17)10-6-4-9(13)5-7-10/h4-8,11,14H,1-3H3/t11-/m1/s1. The number of hydrogen-bond acceptors (Lipinski definition) is 4. The molecule has 0 spiro atoms. The van der Waals surface area contributed by atoms with Crippen LogP contribution in [-0.4, -0.2) is 27.5 Å². The quantitative estimate of drug-likeness (QED) is 0.829. The van der Waals surface area contributed by atoms with Gasteiger partial charge in [-0.3, -0.25) is 4.79 Å². The summed E-state index contributed by atoms with van der Waals surface area (Å²) >= 11 is 0. The van der Waals surface area contributed by atoms with Crippen molar-refractivity contribution in [2.75, 3.05) is 7.11 Å². The van der Waals surface area contributed by atoms with E-state index in [0.29, 0.717) is 0 Å². The van der Waals surface area contributed by atoms with Crippen molar-refractivity contribution in [3.05, 3.63) is 30.1 Å². The van der Waals surface area contributed by atoms with Gasteiger partial charge in [0.2, 0.25) is 10.0 Å². The molecule has 1 N–H and O–H groups in total. The number of benzene rings is 1. The molecule has 1 aromatic carbocycles. The number of halogens is 1. The summed E-state index contributed by atoms with van der Waals surface area (Å²) in [4.78, 5) is 11.4. The lowest BCUT2D eigenvalue weighted by Gasteiger charge is -2.19. The van der Waals surface area contributed by atoms with Crippen molar-refractivity contribution >= 4 is 16.0 Å². The number of hydrogen-bond donors (Lipinski definition) is 1. The lowest BCUT2D eigenvalue weighted by Crippen LogP contribution is -2.44. The number of carbonyl (C=O) groups is 1. The average Bonchev–Trinajstić information content (AvgIpc) is 2.35. The third kappa shape index (κ3) is 4.00. The zero-order valence-electron chi connectivity index (χ0n) is 10.9. The molecule has 0 saturated carbocycles. The van der Waals surface area contributed by atoms with E-state index in [-0.39, 0.29) is 10.8 Å². The number of ether oxygens (including phenoxy) is 1. The second-order valence-electron chi connectivity index (χ2n) is 4.32. The van der Waals surface area contributed by atoms with Gasteiger partial charge in [0.1, 0.15) is 11.9 Å². The Morgan fingerprint density at radius 3 is 2.21 bits per heavy atom. The van der Waals surface area contributed by atoms with Crippen molar-refractivity contribution in [2.24, 2.45) is 5.92 Å². The fraction of sp³-hybridized carbons (Fsp3) is 0.417. The summed E-state index contributed by atoms with van der Waals surface area (Å²) in [5.41, 5.74) is 0. The first-order valence-electron chi connectivity index (χ1n) is 5.63. The third-order valence-electron chi connectivity index (χ3n) is 2.53. The minimum atomic E-state index is -3.89. The zero-order chi connectivity index (χ0) is 14.6. The van der Waals surface area contributed by atoms with Crippen LogP contribution in [0.1, 0.15) is 13.8 Å². The van der Waals surface area contributed by atoms with Crippen LogP contribution in [0, 0.1) is 11.7 Å². The van der Waals surface area contributed by atoms with Gasteiger partial charge < -0.3 is 4.74 Å². The Hall–Kier alpha value is -1.47. The van der Waals surface area contributed by atoms with E-state index in [2.05, 4.69) is 9.46 Å². The molecule has 0 saturated heterocycles. The van der Waals surface area contributed by atoms with Crippen LogP contribution in [0.4, 0.5) is 4.39 Å². The van der Waals surface area contributed by atoms with Gasteiger partial charge in [-0.1, -0.05) is 13.8 Å². The Kier molecular flexibility index (Phi) is 5.02. The molecule has 1 atom stereocenters. The van der Waals surface area contributed by atoms with E-state index in [9.17, 15) is 17.6 Å². The molecule has 106 valence electrons. The number of sulfonamides is 1. The monoisotopic (exact) mass is 289 g/mol. The molecule has 5 nitrogen and oxygen atoms in total. The molecule has 0 aliphatic heterocycles. The van der Waals surface area contributed by atoms with Crippen LogP contribution in [0.5, 0.6) is 0 Å². The summed E-state index contributed by atoms with van der Waals surface area (Å²) in [7, 11) is -2.71. The zero-order valence-corrected chi connectivity index (χ0v) is 11.7. The van der Waals surface area contributed by atoms with Crippen LogP contribution in [0.2, 0.25) is 0 Å². The highest BCUT2D eigenvalue weighted by molar-refractivity contribution is 7.89. The third-order valence-corrected chi connectivity index (χ3v) is 3.98. The van der Waals surface area contributed by atoms with Crippen molar-refractivity contribution in [3.8, 4) is 0 Å². The Morgan fingerprint density at radius 2 is 1.79 bits per heavy atom. The predicted octanol–water partition coefficient (Wildman–Crippen LogP) is 1.30. The van der Waals surface area contributed by atoms with Gasteiger partial charge in [-0.15, -0.1) is 0 Å². The van der Waals surface area contributed by atoms with Gasteiger partial charge in [-0.2, -0.15) is 4.72 Å². The van der Waals surface area contributed by atoms with Gasteiger partial charge in [-0.25, -0.2) is 12.8 Å². The van der Waals surface area contributed by atoms with Gasteiger partial charge in [0, 0.05) is 0 Å². The van der Waals surface area contributed by atoms with Crippen LogP contribution < -0.4 is 4.72 Å². The predicted molar refractivity (Wildman–Crippen MR) is 67.4 cm³/mol. The molecule has 0 heterocycles. The van der Waals surface area contributed by atoms with Crippen molar-refractivity contribution in [3.63, 3.8) is 0 Å². The minimum absolute atomic E-state index is 0.108. The summed E-state index contributed by atoms with van der Waals surface area (Å²) < 4.78 is 43.6. The minimum Gasteiger partial charge on any atom is -0.468 e. The molecule has 1 aromatic rings. The molecule has 0 bridgehead atoms. The molecule has 1 rings (SSSR count). The average molecular weight is 289 g/mol. The molecule has 0 amide bonds. The topological polar surface area (TPSA) is 72.5 Å². The van der Waals surface area contributed by atoms with E-state index in [1.165, 1.54) is 7.11 Å². The van der Waals surface area contributed by atoms with Crippen LogP contribution in [0.3, 0.4) is 0 Å².